The van der Waals surface area contributed by atoms with Gasteiger partial charge in [0.05, 0.1) is 5.92 Å². The highest BCUT2D eigenvalue weighted by molar-refractivity contribution is 6.00. The van der Waals surface area contributed by atoms with Gasteiger partial charge in [-0.25, -0.2) is 0 Å². The van der Waals surface area contributed by atoms with Crippen LogP contribution in [0, 0.1) is 17.3 Å². The van der Waals surface area contributed by atoms with E-state index >= 15 is 0 Å². The van der Waals surface area contributed by atoms with Crippen molar-refractivity contribution in [3.8, 4) is 0 Å². The number of aryl methyl sites for hydroxylation is 1. The van der Waals surface area contributed by atoms with E-state index in [4.69, 9.17) is 0 Å². The molecular weight excluding hydrogens is 416 g/mol. The minimum Gasteiger partial charge on any atom is -0.355 e. The van der Waals surface area contributed by atoms with E-state index in [0.717, 1.165) is 18.7 Å². The van der Waals surface area contributed by atoms with Crippen LogP contribution in [0.1, 0.15) is 45.6 Å². The van der Waals surface area contributed by atoms with Crippen molar-refractivity contribution in [2.24, 2.45) is 17.3 Å². The first-order valence-electron chi connectivity index (χ1n) is 12.2. The van der Waals surface area contributed by atoms with E-state index < -0.39 is 0 Å². The van der Waals surface area contributed by atoms with Crippen LogP contribution in [0.5, 0.6) is 0 Å². The van der Waals surface area contributed by atoms with Gasteiger partial charge in [-0.2, -0.15) is 0 Å². The molecule has 0 saturated carbocycles. The van der Waals surface area contributed by atoms with E-state index in [2.05, 4.69) is 31.0 Å². The molecule has 2 saturated heterocycles. The van der Waals surface area contributed by atoms with Gasteiger partial charge < -0.3 is 20.0 Å². The summed E-state index contributed by atoms with van der Waals surface area (Å²) < 4.78 is 0. The van der Waals surface area contributed by atoms with Gasteiger partial charge >= 0.3 is 0 Å². The monoisotopic (exact) mass is 456 g/mol. The van der Waals surface area contributed by atoms with Crippen LogP contribution >= 0.6 is 0 Å². The van der Waals surface area contributed by atoms with Crippen LogP contribution in [0.2, 0.25) is 0 Å². The molecule has 182 valence electrons. The molecule has 1 aromatic rings. The minimum absolute atomic E-state index is 0.00667. The average molecular weight is 457 g/mol. The predicted octanol–water partition coefficient (Wildman–Crippen LogP) is 2.54. The van der Waals surface area contributed by atoms with Crippen LogP contribution in [-0.2, 0) is 20.8 Å². The van der Waals surface area contributed by atoms with Gasteiger partial charge in [-0.05, 0) is 56.5 Å². The van der Waals surface area contributed by atoms with Gasteiger partial charge in [-0.3, -0.25) is 14.4 Å². The summed E-state index contributed by atoms with van der Waals surface area (Å²) in [7, 11) is 4.07. The number of nitrogens with zero attached hydrogens (tertiary/aromatic N) is 3. The first kappa shape index (κ1) is 25.2. The maximum absolute atomic E-state index is 13.1. The van der Waals surface area contributed by atoms with Crippen molar-refractivity contribution in [1.82, 2.24) is 15.1 Å². The number of hydrogen-bond donors (Lipinski definition) is 1. The normalized spacial score (nSPS) is 19.9. The molecule has 1 N–H and O–H groups in total. The molecule has 7 heteroatoms. The molecule has 0 spiro atoms. The second-order valence-electron chi connectivity index (χ2n) is 10.6. The number of piperidine rings is 1. The van der Waals surface area contributed by atoms with Crippen molar-refractivity contribution >= 4 is 23.4 Å². The zero-order valence-electron chi connectivity index (χ0n) is 20.9. The fourth-order valence-electron chi connectivity index (χ4n) is 5.04. The molecule has 3 rings (SSSR count). The summed E-state index contributed by atoms with van der Waals surface area (Å²) in [5.74, 6) is -0.218. The highest BCUT2D eigenvalue weighted by Crippen LogP contribution is 2.28. The maximum Gasteiger partial charge on any atom is 0.228 e. The lowest BCUT2D eigenvalue weighted by atomic mass is 9.91. The van der Waals surface area contributed by atoms with Gasteiger partial charge in [-0.15, -0.1) is 0 Å². The highest BCUT2D eigenvalue weighted by atomic mass is 16.2. The second-order valence-corrected chi connectivity index (χ2v) is 10.6. The Bertz CT molecular complexity index is 842. The summed E-state index contributed by atoms with van der Waals surface area (Å²) >= 11 is 0. The lowest BCUT2D eigenvalue weighted by molar-refractivity contribution is -0.139. The molecule has 2 heterocycles. The summed E-state index contributed by atoms with van der Waals surface area (Å²) in [6, 6.07) is 8.01. The minimum atomic E-state index is -0.305. The third kappa shape index (κ3) is 6.56. The summed E-state index contributed by atoms with van der Waals surface area (Å²) in [4.78, 5) is 44.1. The van der Waals surface area contributed by atoms with Gasteiger partial charge in [-0.1, -0.05) is 32.9 Å². The second kappa shape index (κ2) is 10.7. The standard InChI is InChI=1S/C26H40N4O3/c1-6-19-7-9-22(10-8-19)30-16-21(15-23(30)31)25(33)29-13-11-20(12-14-29)24(32)27-17-26(2,3)18-28(4)5/h7-10,20-21H,6,11-18H2,1-5H3,(H,27,32). The van der Waals surface area contributed by atoms with E-state index in [9.17, 15) is 14.4 Å². The topological polar surface area (TPSA) is 73.0 Å². The van der Waals surface area contributed by atoms with Crippen molar-refractivity contribution in [2.45, 2.75) is 46.5 Å². The SMILES string of the molecule is CCc1ccc(N2CC(C(=O)N3CCC(C(=O)NCC(C)(C)CN(C)C)CC3)CC2=O)cc1. The zero-order valence-corrected chi connectivity index (χ0v) is 20.9. The summed E-state index contributed by atoms with van der Waals surface area (Å²) in [6.07, 6.45) is 2.57. The Kier molecular flexibility index (Phi) is 8.16. The average Bonchev–Trinajstić information content (AvgIpc) is 3.18. The Labute approximate surface area is 198 Å². The van der Waals surface area contributed by atoms with Crippen molar-refractivity contribution in [1.29, 1.82) is 0 Å². The number of likely N-dealkylation sites (tertiary alicyclic amines) is 1. The van der Waals surface area contributed by atoms with Gasteiger partial charge in [0.25, 0.3) is 0 Å². The van der Waals surface area contributed by atoms with E-state index in [1.54, 1.807) is 4.90 Å². The molecule has 2 fully saturated rings. The smallest absolute Gasteiger partial charge is 0.228 e. The molecule has 0 aliphatic carbocycles. The van der Waals surface area contributed by atoms with Crippen LogP contribution in [-0.4, -0.2) is 74.3 Å². The fraction of sp³-hybridized carbons (Fsp3) is 0.654. The number of carbonyl (C=O) groups is 3. The number of benzene rings is 1. The Hall–Kier alpha value is -2.41. The predicted molar refractivity (Wildman–Crippen MR) is 131 cm³/mol. The van der Waals surface area contributed by atoms with Crippen molar-refractivity contribution in [3.63, 3.8) is 0 Å². The van der Waals surface area contributed by atoms with Gasteiger partial charge in [0.15, 0.2) is 0 Å². The molecule has 0 radical (unpaired) electrons. The number of nitrogens with one attached hydrogen (secondary N) is 1. The van der Waals surface area contributed by atoms with Gasteiger partial charge in [0, 0.05) is 50.7 Å². The van der Waals surface area contributed by atoms with Gasteiger partial charge in [0.1, 0.15) is 0 Å². The third-order valence-electron chi connectivity index (χ3n) is 6.79. The third-order valence-corrected chi connectivity index (χ3v) is 6.79. The van der Waals surface area contributed by atoms with Gasteiger partial charge in [0.2, 0.25) is 17.7 Å². The van der Waals surface area contributed by atoms with Crippen LogP contribution < -0.4 is 10.2 Å². The number of carbonyl (C=O) groups excluding carboxylic acids is 3. The lowest BCUT2D eigenvalue weighted by Gasteiger charge is -2.34. The summed E-state index contributed by atoms with van der Waals surface area (Å²) in [5, 5.41) is 3.11. The Morgan fingerprint density at radius 2 is 1.73 bits per heavy atom. The Morgan fingerprint density at radius 3 is 2.30 bits per heavy atom. The number of rotatable bonds is 8. The van der Waals surface area contributed by atoms with Crippen LogP contribution in [0.3, 0.4) is 0 Å². The highest BCUT2D eigenvalue weighted by Gasteiger charge is 2.38. The Balaban J connectivity index is 1.48. The lowest BCUT2D eigenvalue weighted by Crippen LogP contribution is -2.47. The summed E-state index contributed by atoms with van der Waals surface area (Å²) in [6.45, 7) is 9.54. The molecule has 1 aromatic carbocycles. The molecule has 33 heavy (non-hydrogen) atoms. The molecule has 1 atom stereocenters. The number of hydrogen-bond acceptors (Lipinski definition) is 4. The summed E-state index contributed by atoms with van der Waals surface area (Å²) in [5.41, 5.74) is 2.10. The number of anilines is 1. The molecule has 1 unspecified atom stereocenters. The van der Waals surface area contributed by atoms with Crippen LogP contribution in [0.15, 0.2) is 24.3 Å². The van der Waals surface area contributed by atoms with E-state index in [1.807, 2.05) is 43.3 Å². The van der Waals surface area contributed by atoms with E-state index in [0.29, 0.717) is 39.0 Å². The van der Waals surface area contributed by atoms with E-state index in [-0.39, 0.29) is 41.4 Å². The molecule has 0 aromatic heterocycles. The Morgan fingerprint density at radius 1 is 1.09 bits per heavy atom. The molecule has 2 aliphatic heterocycles. The first-order valence-corrected chi connectivity index (χ1v) is 12.2. The molecule has 7 nitrogen and oxygen atoms in total. The largest absolute Gasteiger partial charge is 0.355 e. The first-order chi connectivity index (χ1) is 15.6. The molecule has 3 amide bonds. The number of amides is 3. The molecular formula is C26H40N4O3. The fourth-order valence-corrected chi connectivity index (χ4v) is 5.04. The van der Waals surface area contributed by atoms with E-state index in [1.165, 1.54) is 5.56 Å². The zero-order chi connectivity index (χ0) is 24.2. The van der Waals surface area contributed by atoms with Crippen LogP contribution in [0.4, 0.5) is 5.69 Å². The van der Waals surface area contributed by atoms with Crippen LogP contribution in [0.25, 0.3) is 0 Å². The maximum atomic E-state index is 13.1. The van der Waals surface area contributed by atoms with Crippen molar-refractivity contribution in [2.75, 3.05) is 51.7 Å². The van der Waals surface area contributed by atoms with Crippen molar-refractivity contribution < 1.29 is 14.4 Å². The molecule has 2 aliphatic rings. The quantitative estimate of drug-likeness (QED) is 0.653. The van der Waals surface area contributed by atoms with Crippen molar-refractivity contribution in [3.05, 3.63) is 29.8 Å². The molecule has 0 bridgehead atoms.